The Hall–Kier alpha value is -1.91. The number of rotatable bonds is 4. The molecule has 116 valence electrons. The molecule has 2 rings (SSSR count). The van der Waals surface area contributed by atoms with Gasteiger partial charge in [0.25, 0.3) is 0 Å². The number of guanidine groups is 1. The minimum absolute atomic E-state index is 0.904. The van der Waals surface area contributed by atoms with Gasteiger partial charge in [0.05, 0.1) is 7.11 Å². The summed E-state index contributed by atoms with van der Waals surface area (Å²) in [5.41, 5.74) is 1.26. The second-order valence-electron chi connectivity index (χ2n) is 5.15. The third kappa shape index (κ3) is 4.03. The van der Waals surface area contributed by atoms with E-state index in [0.717, 1.165) is 50.9 Å². The average molecular weight is 290 g/mol. The molecule has 0 unspecified atom stereocenters. The van der Waals surface area contributed by atoms with Crippen molar-refractivity contribution in [2.75, 3.05) is 51.8 Å². The van der Waals surface area contributed by atoms with Crippen molar-refractivity contribution in [3.8, 4) is 5.75 Å². The van der Waals surface area contributed by atoms with E-state index in [4.69, 9.17) is 4.74 Å². The van der Waals surface area contributed by atoms with Crippen molar-refractivity contribution in [1.29, 1.82) is 0 Å². The molecule has 0 aliphatic carbocycles. The van der Waals surface area contributed by atoms with E-state index in [1.807, 2.05) is 19.2 Å². The van der Waals surface area contributed by atoms with Gasteiger partial charge < -0.3 is 19.9 Å². The Bertz CT molecular complexity index is 450. The topological polar surface area (TPSA) is 40.1 Å². The van der Waals surface area contributed by atoms with Crippen molar-refractivity contribution >= 4 is 11.6 Å². The van der Waals surface area contributed by atoms with Crippen LogP contribution in [0.5, 0.6) is 5.75 Å². The summed E-state index contributed by atoms with van der Waals surface area (Å²) in [6, 6.07) is 8.28. The predicted molar refractivity (Wildman–Crippen MR) is 88.4 cm³/mol. The number of aliphatic imine (C=N–C) groups is 1. The minimum atomic E-state index is 0.904. The number of nitrogens with one attached hydrogen (secondary N) is 1. The van der Waals surface area contributed by atoms with Gasteiger partial charge >= 0.3 is 0 Å². The van der Waals surface area contributed by atoms with Gasteiger partial charge in [-0.25, -0.2) is 0 Å². The third-order valence-electron chi connectivity index (χ3n) is 3.76. The second kappa shape index (κ2) is 7.76. The van der Waals surface area contributed by atoms with Crippen molar-refractivity contribution in [1.82, 2.24) is 10.2 Å². The number of piperazine rings is 1. The first-order valence-corrected chi connectivity index (χ1v) is 7.63. The highest BCUT2D eigenvalue weighted by molar-refractivity contribution is 5.80. The molecule has 0 aromatic heterocycles. The molecule has 1 aliphatic rings. The van der Waals surface area contributed by atoms with Crippen LogP contribution < -0.4 is 15.0 Å². The van der Waals surface area contributed by atoms with E-state index < -0.39 is 0 Å². The van der Waals surface area contributed by atoms with Crippen molar-refractivity contribution in [3.63, 3.8) is 0 Å². The van der Waals surface area contributed by atoms with Crippen molar-refractivity contribution in [2.24, 2.45) is 4.99 Å². The molecule has 1 saturated heterocycles. The number of methoxy groups -OCH3 is 1. The summed E-state index contributed by atoms with van der Waals surface area (Å²) >= 11 is 0. The molecule has 5 heteroatoms. The summed E-state index contributed by atoms with van der Waals surface area (Å²) in [4.78, 5) is 9.10. The molecule has 0 bridgehead atoms. The van der Waals surface area contributed by atoms with Crippen LogP contribution in [0, 0.1) is 0 Å². The maximum Gasteiger partial charge on any atom is 0.193 e. The van der Waals surface area contributed by atoms with Crippen molar-refractivity contribution in [2.45, 2.75) is 13.3 Å². The zero-order chi connectivity index (χ0) is 15.1. The lowest BCUT2D eigenvalue weighted by Crippen LogP contribution is -2.52. The number of anilines is 1. The normalized spacial score (nSPS) is 16.0. The van der Waals surface area contributed by atoms with Gasteiger partial charge in [-0.3, -0.25) is 4.99 Å². The van der Waals surface area contributed by atoms with E-state index in [1.54, 1.807) is 7.11 Å². The van der Waals surface area contributed by atoms with Crippen molar-refractivity contribution < 1.29 is 4.74 Å². The van der Waals surface area contributed by atoms with Gasteiger partial charge in [-0.1, -0.05) is 6.92 Å². The molecule has 1 aromatic carbocycles. The molecule has 1 N–H and O–H groups in total. The number of hydrogen-bond donors (Lipinski definition) is 1. The van der Waals surface area contributed by atoms with E-state index in [0.29, 0.717) is 0 Å². The van der Waals surface area contributed by atoms with Crippen LogP contribution in [0.2, 0.25) is 0 Å². The summed E-state index contributed by atoms with van der Waals surface area (Å²) < 4.78 is 5.21. The van der Waals surface area contributed by atoms with Crippen LogP contribution in [-0.4, -0.2) is 57.7 Å². The molecular formula is C16H26N4O. The number of benzene rings is 1. The molecule has 21 heavy (non-hydrogen) atoms. The number of hydrogen-bond acceptors (Lipinski definition) is 3. The number of ether oxygens (including phenoxy) is 1. The first-order valence-electron chi connectivity index (χ1n) is 7.63. The predicted octanol–water partition coefficient (Wildman–Crippen LogP) is 1.80. The fraction of sp³-hybridized carbons (Fsp3) is 0.562. The summed E-state index contributed by atoms with van der Waals surface area (Å²) in [7, 11) is 3.55. The van der Waals surface area contributed by atoms with E-state index in [9.17, 15) is 0 Å². The molecule has 5 nitrogen and oxygen atoms in total. The highest BCUT2D eigenvalue weighted by Gasteiger charge is 2.19. The molecule has 0 amide bonds. The fourth-order valence-electron chi connectivity index (χ4n) is 2.54. The van der Waals surface area contributed by atoms with Gasteiger partial charge in [-0.2, -0.15) is 0 Å². The lowest BCUT2D eigenvalue weighted by atomic mass is 10.2. The molecule has 0 spiro atoms. The molecule has 0 saturated carbocycles. The molecule has 1 heterocycles. The Morgan fingerprint density at radius 3 is 2.38 bits per heavy atom. The van der Waals surface area contributed by atoms with Crippen LogP contribution in [-0.2, 0) is 0 Å². The Morgan fingerprint density at radius 2 is 1.86 bits per heavy atom. The molecule has 1 aromatic rings. The van der Waals surface area contributed by atoms with Gasteiger partial charge in [0.1, 0.15) is 5.75 Å². The van der Waals surface area contributed by atoms with E-state index >= 15 is 0 Å². The van der Waals surface area contributed by atoms with Crippen LogP contribution >= 0.6 is 0 Å². The summed E-state index contributed by atoms with van der Waals surface area (Å²) in [5.74, 6) is 1.92. The molecule has 0 radical (unpaired) electrons. The van der Waals surface area contributed by atoms with E-state index in [-0.39, 0.29) is 0 Å². The Labute approximate surface area is 127 Å². The van der Waals surface area contributed by atoms with E-state index in [1.165, 1.54) is 5.69 Å². The van der Waals surface area contributed by atoms with Gasteiger partial charge in [0, 0.05) is 45.5 Å². The maximum absolute atomic E-state index is 5.21. The SMILES string of the molecule is CCCNC(=NC)N1CCN(c2ccc(OC)cc2)CC1. The van der Waals surface area contributed by atoms with Gasteiger partial charge in [-0.15, -0.1) is 0 Å². The molecular weight excluding hydrogens is 264 g/mol. The monoisotopic (exact) mass is 290 g/mol. The zero-order valence-corrected chi connectivity index (χ0v) is 13.3. The van der Waals surface area contributed by atoms with Crippen LogP contribution in [0.15, 0.2) is 29.3 Å². The van der Waals surface area contributed by atoms with Crippen LogP contribution in [0.3, 0.4) is 0 Å². The van der Waals surface area contributed by atoms with Gasteiger partial charge in [0.15, 0.2) is 5.96 Å². The lowest BCUT2D eigenvalue weighted by molar-refractivity contribution is 0.372. The first kappa shape index (κ1) is 15.5. The molecule has 1 fully saturated rings. The summed E-state index contributed by atoms with van der Waals surface area (Å²) in [6.07, 6.45) is 1.12. The van der Waals surface area contributed by atoms with Gasteiger partial charge in [-0.05, 0) is 30.7 Å². The minimum Gasteiger partial charge on any atom is -0.497 e. The van der Waals surface area contributed by atoms with Crippen molar-refractivity contribution in [3.05, 3.63) is 24.3 Å². The molecule has 0 atom stereocenters. The summed E-state index contributed by atoms with van der Waals surface area (Å²) in [5, 5.41) is 3.40. The summed E-state index contributed by atoms with van der Waals surface area (Å²) in [6.45, 7) is 7.16. The fourth-order valence-corrected chi connectivity index (χ4v) is 2.54. The zero-order valence-electron chi connectivity index (χ0n) is 13.3. The Morgan fingerprint density at radius 1 is 1.19 bits per heavy atom. The standard InChI is InChI=1S/C16H26N4O/c1-4-9-18-16(17-2)20-12-10-19(11-13-20)14-5-7-15(21-3)8-6-14/h5-8H,4,9-13H2,1-3H3,(H,17,18). The number of nitrogens with zero attached hydrogens (tertiary/aromatic N) is 3. The quantitative estimate of drug-likeness (QED) is 0.678. The van der Waals surface area contributed by atoms with Gasteiger partial charge in [0.2, 0.25) is 0 Å². The Kier molecular flexibility index (Phi) is 5.72. The van der Waals surface area contributed by atoms with E-state index in [2.05, 4.69) is 39.2 Å². The second-order valence-corrected chi connectivity index (χ2v) is 5.15. The lowest BCUT2D eigenvalue weighted by Gasteiger charge is -2.37. The van der Waals surface area contributed by atoms with Crippen LogP contribution in [0.4, 0.5) is 5.69 Å². The molecule has 1 aliphatic heterocycles. The highest BCUT2D eigenvalue weighted by atomic mass is 16.5. The van der Waals surface area contributed by atoms with Crippen LogP contribution in [0.25, 0.3) is 0 Å². The average Bonchev–Trinajstić information content (AvgIpc) is 2.56. The third-order valence-corrected chi connectivity index (χ3v) is 3.76. The largest absolute Gasteiger partial charge is 0.497 e. The first-order chi connectivity index (χ1) is 10.3. The maximum atomic E-state index is 5.21. The Balaban J connectivity index is 1.89. The van der Waals surface area contributed by atoms with Crippen LogP contribution in [0.1, 0.15) is 13.3 Å². The smallest absolute Gasteiger partial charge is 0.193 e. The highest BCUT2D eigenvalue weighted by Crippen LogP contribution is 2.20.